The lowest BCUT2D eigenvalue weighted by Gasteiger charge is -2.13. The molecule has 0 aliphatic rings. The third kappa shape index (κ3) is 4.51. The molecule has 0 spiro atoms. The molecule has 3 aromatic carbocycles. The number of para-hydroxylation sites is 3. The Bertz CT molecular complexity index is 833. The molecule has 0 radical (unpaired) electrons. The maximum Gasteiger partial charge on any atom is 0.411 e. The van der Waals surface area contributed by atoms with Crippen LogP contribution in [0.25, 0.3) is 0 Å². The van der Waals surface area contributed by atoms with E-state index in [1.54, 1.807) is 0 Å². The second-order valence-electron chi connectivity index (χ2n) is 5.36. The minimum Gasteiger partial charge on any atom is -0.453 e. The van der Waals surface area contributed by atoms with Gasteiger partial charge in [0.15, 0.2) is 0 Å². The first-order valence-corrected chi connectivity index (χ1v) is 7.88. The Hall–Kier alpha value is -3.47. The highest BCUT2D eigenvalue weighted by Gasteiger charge is 2.06. The van der Waals surface area contributed by atoms with Crippen LogP contribution in [0.4, 0.5) is 33.2 Å². The summed E-state index contributed by atoms with van der Waals surface area (Å²) in [5.74, 6) is 0. The molecule has 3 N–H and O–H groups in total. The van der Waals surface area contributed by atoms with E-state index in [9.17, 15) is 4.79 Å². The first-order chi connectivity index (χ1) is 12.2. The SMILES string of the molecule is COC(=O)Nc1ccccc1Nc1ccc(Nc2ccccc2)cc1. The highest BCUT2D eigenvalue weighted by Crippen LogP contribution is 2.26. The lowest BCUT2D eigenvalue weighted by atomic mass is 10.2. The number of carbonyl (C=O) groups is 1. The normalized spacial score (nSPS) is 9.96. The fourth-order valence-corrected chi connectivity index (χ4v) is 2.34. The van der Waals surface area contributed by atoms with E-state index in [1.807, 2.05) is 78.9 Å². The van der Waals surface area contributed by atoms with Crippen LogP contribution in [0, 0.1) is 0 Å². The molecular weight excluding hydrogens is 314 g/mol. The topological polar surface area (TPSA) is 62.4 Å². The zero-order valence-corrected chi connectivity index (χ0v) is 13.8. The van der Waals surface area contributed by atoms with Gasteiger partial charge in [0.1, 0.15) is 0 Å². The second kappa shape index (κ2) is 7.88. The molecule has 25 heavy (non-hydrogen) atoms. The Morgan fingerprint density at radius 3 is 1.84 bits per heavy atom. The number of hydrogen-bond donors (Lipinski definition) is 3. The molecule has 5 heteroatoms. The zero-order valence-electron chi connectivity index (χ0n) is 13.8. The highest BCUT2D eigenvalue weighted by atomic mass is 16.5. The van der Waals surface area contributed by atoms with E-state index in [1.165, 1.54) is 7.11 Å². The van der Waals surface area contributed by atoms with Crippen LogP contribution >= 0.6 is 0 Å². The van der Waals surface area contributed by atoms with Crippen molar-refractivity contribution < 1.29 is 9.53 Å². The van der Waals surface area contributed by atoms with E-state index in [0.29, 0.717) is 5.69 Å². The Morgan fingerprint density at radius 2 is 1.20 bits per heavy atom. The Balaban J connectivity index is 1.70. The minimum absolute atomic E-state index is 0.503. The summed E-state index contributed by atoms with van der Waals surface area (Å²) >= 11 is 0. The van der Waals surface area contributed by atoms with Crippen molar-refractivity contribution in [1.82, 2.24) is 0 Å². The summed E-state index contributed by atoms with van der Waals surface area (Å²) in [6, 6.07) is 25.4. The number of benzene rings is 3. The number of rotatable bonds is 5. The van der Waals surface area contributed by atoms with E-state index in [4.69, 9.17) is 0 Å². The second-order valence-corrected chi connectivity index (χ2v) is 5.36. The van der Waals surface area contributed by atoms with Crippen molar-refractivity contribution in [2.45, 2.75) is 0 Å². The molecule has 0 heterocycles. The smallest absolute Gasteiger partial charge is 0.411 e. The first kappa shape index (κ1) is 16.4. The number of amides is 1. The third-order valence-electron chi connectivity index (χ3n) is 3.58. The number of anilines is 5. The van der Waals surface area contributed by atoms with E-state index >= 15 is 0 Å². The van der Waals surface area contributed by atoms with Crippen LogP contribution in [-0.4, -0.2) is 13.2 Å². The molecule has 0 unspecified atom stereocenters. The average molecular weight is 333 g/mol. The van der Waals surface area contributed by atoms with Crippen LogP contribution in [0.3, 0.4) is 0 Å². The number of nitrogens with one attached hydrogen (secondary N) is 3. The van der Waals surface area contributed by atoms with E-state index < -0.39 is 6.09 Å². The van der Waals surface area contributed by atoms with Gasteiger partial charge in [-0.05, 0) is 48.5 Å². The summed E-state index contributed by atoms with van der Waals surface area (Å²) in [5.41, 5.74) is 4.39. The molecule has 0 saturated carbocycles. The molecule has 3 aromatic rings. The van der Waals surface area contributed by atoms with E-state index in [-0.39, 0.29) is 0 Å². The highest BCUT2D eigenvalue weighted by molar-refractivity contribution is 5.90. The number of hydrogen-bond acceptors (Lipinski definition) is 4. The quantitative estimate of drug-likeness (QED) is 0.589. The summed E-state index contributed by atoms with van der Waals surface area (Å²) in [6.45, 7) is 0. The van der Waals surface area contributed by atoms with Gasteiger partial charge >= 0.3 is 6.09 Å². The molecular formula is C20H19N3O2. The molecule has 0 bridgehead atoms. The van der Waals surface area contributed by atoms with Crippen molar-refractivity contribution in [2.75, 3.05) is 23.1 Å². The molecule has 1 amide bonds. The zero-order chi connectivity index (χ0) is 17.5. The van der Waals surface area contributed by atoms with Crippen molar-refractivity contribution in [3.05, 3.63) is 78.9 Å². The van der Waals surface area contributed by atoms with Crippen LogP contribution in [0.5, 0.6) is 0 Å². The van der Waals surface area contributed by atoms with Crippen LogP contribution in [0.15, 0.2) is 78.9 Å². The van der Waals surface area contributed by atoms with Crippen molar-refractivity contribution in [3.8, 4) is 0 Å². The van der Waals surface area contributed by atoms with Gasteiger partial charge in [0, 0.05) is 17.1 Å². The molecule has 0 aliphatic heterocycles. The summed E-state index contributed by atoms with van der Waals surface area (Å²) in [5, 5.41) is 9.32. The largest absolute Gasteiger partial charge is 0.453 e. The van der Waals surface area contributed by atoms with Crippen molar-refractivity contribution in [2.24, 2.45) is 0 Å². The van der Waals surface area contributed by atoms with Gasteiger partial charge < -0.3 is 15.4 Å². The lowest BCUT2D eigenvalue weighted by molar-refractivity contribution is 0.187. The van der Waals surface area contributed by atoms with Gasteiger partial charge in [0.2, 0.25) is 0 Å². The predicted molar refractivity (Wildman–Crippen MR) is 102 cm³/mol. The molecule has 0 fully saturated rings. The van der Waals surface area contributed by atoms with Gasteiger partial charge in [-0.15, -0.1) is 0 Å². The monoisotopic (exact) mass is 333 g/mol. The van der Waals surface area contributed by atoms with Crippen molar-refractivity contribution in [3.63, 3.8) is 0 Å². The van der Waals surface area contributed by atoms with Gasteiger partial charge in [-0.3, -0.25) is 5.32 Å². The fraction of sp³-hybridized carbons (Fsp3) is 0.0500. The summed E-state index contributed by atoms with van der Waals surface area (Å²) in [6.07, 6.45) is -0.503. The van der Waals surface area contributed by atoms with Gasteiger partial charge in [-0.1, -0.05) is 30.3 Å². The van der Waals surface area contributed by atoms with Crippen molar-refractivity contribution in [1.29, 1.82) is 0 Å². The van der Waals surface area contributed by atoms with Crippen molar-refractivity contribution >= 4 is 34.5 Å². The van der Waals surface area contributed by atoms with Gasteiger partial charge in [-0.2, -0.15) is 0 Å². The predicted octanol–water partition coefficient (Wildman–Crippen LogP) is 5.35. The van der Waals surface area contributed by atoms with Crippen LogP contribution < -0.4 is 16.0 Å². The Labute approximate surface area is 146 Å². The van der Waals surface area contributed by atoms with Crippen LogP contribution in [0.2, 0.25) is 0 Å². The fourth-order valence-electron chi connectivity index (χ4n) is 2.34. The molecule has 3 rings (SSSR count). The van der Waals surface area contributed by atoms with Gasteiger partial charge in [-0.25, -0.2) is 4.79 Å². The maximum absolute atomic E-state index is 11.4. The Morgan fingerprint density at radius 1 is 0.680 bits per heavy atom. The standard InChI is InChI=1S/C20H19N3O2/c1-25-20(24)23-19-10-6-5-9-18(19)22-17-13-11-16(12-14-17)21-15-7-3-2-4-8-15/h2-14,21-22H,1H3,(H,23,24). The average Bonchev–Trinajstić information content (AvgIpc) is 2.65. The van der Waals surface area contributed by atoms with E-state index in [2.05, 4.69) is 20.7 Å². The van der Waals surface area contributed by atoms with E-state index in [0.717, 1.165) is 22.7 Å². The lowest BCUT2D eigenvalue weighted by Crippen LogP contribution is -2.12. The molecule has 126 valence electrons. The molecule has 0 aliphatic carbocycles. The first-order valence-electron chi connectivity index (χ1n) is 7.88. The molecule has 0 atom stereocenters. The summed E-state index contributed by atoms with van der Waals surface area (Å²) in [4.78, 5) is 11.4. The number of methoxy groups -OCH3 is 1. The van der Waals surface area contributed by atoms with Crippen LogP contribution in [0.1, 0.15) is 0 Å². The summed E-state index contributed by atoms with van der Waals surface area (Å²) < 4.78 is 4.65. The number of ether oxygens (including phenoxy) is 1. The third-order valence-corrected chi connectivity index (χ3v) is 3.58. The summed E-state index contributed by atoms with van der Waals surface area (Å²) in [7, 11) is 1.34. The molecule has 0 saturated heterocycles. The van der Waals surface area contributed by atoms with Gasteiger partial charge in [0.25, 0.3) is 0 Å². The number of carbonyl (C=O) groups excluding carboxylic acids is 1. The molecule has 5 nitrogen and oxygen atoms in total. The van der Waals surface area contributed by atoms with Crippen LogP contribution in [-0.2, 0) is 4.74 Å². The minimum atomic E-state index is -0.503. The maximum atomic E-state index is 11.4. The van der Waals surface area contributed by atoms with Gasteiger partial charge in [0.05, 0.1) is 18.5 Å². The Kier molecular flexibility index (Phi) is 5.16. The molecule has 0 aromatic heterocycles.